The van der Waals surface area contributed by atoms with Crippen LogP contribution in [-0.2, 0) is 9.53 Å². The summed E-state index contributed by atoms with van der Waals surface area (Å²) in [5.41, 5.74) is 0.971. The van der Waals surface area contributed by atoms with Crippen LogP contribution in [0.3, 0.4) is 0 Å². The van der Waals surface area contributed by atoms with Gasteiger partial charge in [0.25, 0.3) is 0 Å². The van der Waals surface area contributed by atoms with Gasteiger partial charge < -0.3 is 9.64 Å². The van der Waals surface area contributed by atoms with Gasteiger partial charge in [0.2, 0.25) is 5.91 Å². The highest BCUT2D eigenvalue weighted by atomic mass is 79.9. The van der Waals surface area contributed by atoms with E-state index in [1.807, 2.05) is 18.7 Å². The van der Waals surface area contributed by atoms with E-state index in [0.29, 0.717) is 26.3 Å². The fraction of sp³-hybridized carbons (Fsp3) is 0.636. The molecule has 1 aliphatic heterocycles. The molecule has 1 amide bonds. The van der Waals surface area contributed by atoms with Crippen molar-refractivity contribution in [1.29, 1.82) is 0 Å². The summed E-state index contributed by atoms with van der Waals surface area (Å²) in [6, 6.07) is -0.264. The molecule has 1 atom stereocenters. The Morgan fingerprint density at radius 2 is 2.18 bits per heavy atom. The third kappa shape index (κ3) is 2.52. The van der Waals surface area contributed by atoms with Gasteiger partial charge in [0.05, 0.1) is 29.6 Å². The van der Waals surface area contributed by atoms with Crippen LogP contribution in [0.2, 0.25) is 0 Å². The van der Waals surface area contributed by atoms with Crippen molar-refractivity contribution in [2.24, 2.45) is 0 Å². The highest BCUT2D eigenvalue weighted by Crippen LogP contribution is 2.19. The van der Waals surface area contributed by atoms with Crippen LogP contribution in [0.15, 0.2) is 10.7 Å². The van der Waals surface area contributed by atoms with Gasteiger partial charge in [0, 0.05) is 13.1 Å². The van der Waals surface area contributed by atoms with E-state index in [1.54, 1.807) is 10.9 Å². The molecule has 17 heavy (non-hydrogen) atoms. The standard InChI is InChI=1S/C11H16BrN3O2/c1-8-10(12)7-13-15(8)9(2)11(16)14-3-5-17-6-4-14/h7,9H,3-6H2,1-2H3/t9-/m1/s1. The summed E-state index contributed by atoms with van der Waals surface area (Å²) in [7, 11) is 0. The molecule has 0 aliphatic carbocycles. The van der Waals surface area contributed by atoms with Crippen LogP contribution < -0.4 is 0 Å². The Kier molecular flexibility index (Phi) is 3.83. The number of morpholine rings is 1. The van der Waals surface area contributed by atoms with Gasteiger partial charge in [-0.3, -0.25) is 9.48 Å². The van der Waals surface area contributed by atoms with E-state index in [9.17, 15) is 4.79 Å². The highest BCUT2D eigenvalue weighted by molar-refractivity contribution is 9.10. The molecular weight excluding hydrogens is 286 g/mol. The number of ether oxygens (including phenoxy) is 1. The van der Waals surface area contributed by atoms with Gasteiger partial charge in [-0.2, -0.15) is 5.10 Å². The van der Waals surface area contributed by atoms with Crippen molar-refractivity contribution in [2.45, 2.75) is 19.9 Å². The molecule has 2 rings (SSSR count). The average molecular weight is 302 g/mol. The molecule has 6 heteroatoms. The van der Waals surface area contributed by atoms with E-state index < -0.39 is 0 Å². The molecule has 1 aromatic heterocycles. The minimum atomic E-state index is -0.264. The van der Waals surface area contributed by atoms with E-state index >= 15 is 0 Å². The van der Waals surface area contributed by atoms with E-state index in [-0.39, 0.29) is 11.9 Å². The van der Waals surface area contributed by atoms with Gasteiger partial charge in [0.15, 0.2) is 0 Å². The number of rotatable bonds is 2. The van der Waals surface area contributed by atoms with Crippen molar-refractivity contribution in [3.63, 3.8) is 0 Å². The van der Waals surface area contributed by atoms with Crippen LogP contribution in [0.25, 0.3) is 0 Å². The molecule has 0 radical (unpaired) electrons. The second-order valence-electron chi connectivity index (χ2n) is 4.14. The summed E-state index contributed by atoms with van der Waals surface area (Å²) in [6.45, 7) is 6.42. The molecule has 1 aromatic rings. The van der Waals surface area contributed by atoms with Crippen LogP contribution in [0.4, 0.5) is 0 Å². The molecule has 2 heterocycles. The molecule has 0 N–H and O–H groups in total. The van der Waals surface area contributed by atoms with Crippen LogP contribution >= 0.6 is 15.9 Å². The number of halogens is 1. The number of nitrogens with zero attached hydrogens (tertiary/aromatic N) is 3. The van der Waals surface area contributed by atoms with Gasteiger partial charge in [-0.15, -0.1) is 0 Å². The molecule has 1 aliphatic rings. The van der Waals surface area contributed by atoms with Crippen molar-refractivity contribution in [3.05, 3.63) is 16.4 Å². The smallest absolute Gasteiger partial charge is 0.247 e. The van der Waals surface area contributed by atoms with Crippen LogP contribution in [-0.4, -0.2) is 46.9 Å². The van der Waals surface area contributed by atoms with E-state index in [2.05, 4.69) is 21.0 Å². The Labute approximate surface area is 109 Å². The molecule has 0 bridgehead atoms. The summed E-state index contributed by atoms with van der Waals surface area (Å²) < 4.78 is 7.92. The third-order valence-electron chi connectivity index (χ3n) is 3.03. The van der Waals surface area contributed by atoms with E-state index in [0.717, 1.165) is 10.2 Å². The molecule has 0 unspecified atom stereocenters. The van der Waals surface area contributed by atoms with Crippen LogP contribution in [0.1, 0.15) is 18.7 Å². The first-order valence-corrected chi connectivity index (χ1v) is 6.46. The summed E-state index contributed by atoms with van der Waals surface area (Å²) >= 11 is 3.40. The summed E-state index contributed by atoms with van der Waals surface area (Å²) in [6.07, 6.45) is 1.72. The van der Waals surface area contributed by atoms with E-state index in [1.165, 1.54) is 0 Å². The first kappa shape index (κ1) is 12.6. The lowest BCUT2D eigenvalue weighted by Crippen LogP contribution is -2.44. The van der Waals surface area contributed by atoms with Crippen molar-refractivity contribution >= 4 is 21.8 Å². The monoisotopic (exact) mass is 301 g/mol. The lowest BCUT2D eigenvalue weighted by Gasteiger charge is -2.29. The number of amides is 1. The second-order valence-corrected chi connectivity index (χ2v) is 4.99. The fourth-order valence-electron chi connectivity index (χ4n) is 1.95. The SMILES string of the molecule is Cc1c(Br)cnn1[C@H](C)C(=O)N1CCOCC1. The Hall–Kier alpha value is -0.880. The molecule has 1 fully saturated rings. The van der Waals surface area contributed by atoms with Crippen molar-refractivity contribution in [1.82, 2.24) is 14.7 Å². The molecule has 94 valence electrons. The minimum absolute atomic E-state index is 0.104. The quantitative estimate of drug-likeness (QED) is 0.829. The Morgan fingerprint density at radius 3 is 2.71 bits per heavy atom. The zero-order valence-corrected chi connectivity index (χ0v) is 11.6. The van der Waals surface area contributed by atoms with Gasteiger partial charge in [-0.25, -0.2) is 0 Å². The zero-order valence-electron chi connectivity index (χ0n) is 10.0. The van der Waals surface area contributed by atoms with Crippen molar-refractivity contribution < 1.29 is 9.53 Å². The lowest BCUT2D eigenvalue weighted by molar-refractivity contribution is -0.138. The molecule has 0 aromatic carbocycles. The van der Waals surface area contributed by atoms with Gasteiger partial charge >= 0.3 is 0 Å². The summed E-state index contributed by atoms with van der Waals surface area (Å²) in [4.78, 5) is 14.1. The fourth-order valence-corrected chi connectivity index (χ4v) is 2.22. The molecule has 1 saturated heterocycles. The number of hydrogen-bond donors (Lipinski definition) is 0. The number of carbonyl (C=O) groups is 1. The Bertz CT molecular complexity index is 413. The van der Waals surface area contributed by atoms with Crippen LogP contribution in [0.5, 0.6) is 0 Å². The maximum Gasteiger partial charge on any atom is 0.247 e. The Balaban J connectivity index is 2.11. The first-order chi connectivity index (χ1) is 8.11. The average Bonchev–Trinajstić information content (AvgIpc) is 2.69. The maximum atomic E-state index is 12.3. The molecular formula is C11H16BrN3O2. The van der Waals surface area contributed by atoms with Gasteiger partial charge in [0.1, 0.15) is 6.04 Å². The Morgan fingerprint density at radius 1 is 1.53 bits per heavy atom. The minimum Gasteiger partial charge on any atom is -0.378 e. The van der Waals surface area contributed by atoms with Crippen molar-refractivity contribution in [3.8, 4) is 0 Å². The highest BCUT2D eigenvalue weighted by Gasteiger charge is 2.25. The molecule has 5 nitrogen and oxygen atoms in total. The predicted octanol–water partition coefficient (Wildman–Crippen LogP) is 1.37. The van der Waals surface area contributed by atoms with E-state index in [4.69, 9.17) is 4.74 Å². The predicted molar refractivity (Wildman–Crippen MR) is 66.8 cm³/mol. The summed E-state index contributed by atoms with van der Waals surface area (Å²) in [5, 5.41) is 4.22. The second kappa shape index (κ2) is 5.18. The summed E-state index contributed by atoms with van der Waals surface area (Å²) in [5.74, 6) is 0.104. The molecule has 0 spiro atoms. The third-order valence-corrected chi connectivity index (χ3v) is 3.81. The van der Waals surface area contributed by atoms with Gasteiger partial charge in [-0.1, -0.05) is 0 Å². The number of aromatic nitrogens is 2. The topological polar surface area (TPSA) is 47.4 Å². The molecule has 0 saturated carbocycles. The first-order valence-electron chi connectivity index (χ1n) is 5.67. The number of hydrogen-bond acceptors (Lipinski definition) is 3. The number of carbonyl (C=O) groups excluding carboxylic acids is 1. The van der Waals surface area contributed by atoms with Gasteiger partial charge in [-0.05, 0) is 29.8 Å². The van der Waals surface area contributed by atoms with Crippen molar-refractivity contribution in [2.75, 3.05) is 26.3 Å². The normalized spacial score (nSPS) is 18.2. The lowest BCUT2D eigenvalue weighted by atomic mass is 10.2. The largest absolute Gasteiger partial charge is 0.378 e. The van der Waals surface area contributed by atoms with Crippen LogP contribution in [0, 0.1) is 6.92 Å². The zero-order chi connectivity index (χ0) is 12.4. The maximum absolute atomic E-state index is 12.3.